The van der Waals surface area contributed by atoms with E-state index in [2.05, 4.69) is 17.5 Å². The molecule has 2 aromatic rings. The molecule has 128 valence electrons. The van der Waals surface area contributed by atoms with E-state index in [1.54, 1.807) is 35.2 Å². The Morgan fingerprint density at radius 3 is 2.88 bits per heavy atom. The van der Waals surface area contributed by atoms with Crippen LogP contribution in [0, 0.1) is 0 Å². The van der Waals surface area contributed by atoms with Gasteiger partial charge in [0.15, 0.2) is 0 Å². The summed E-state index contributed by atoms with van der Waals surface area (Å²) in [5, 5.41) is 3.23. The maximum Gasteiger partial charge on any atom is 0.244 e. The fourth-order valence-electron chi connectivity index (χ4n) is 3.31. The standard InChI is InChI=1S/C18H23N3O2S/c1-20(2)18(23)15-7-5-9-21(15)17(22)14(19)10-12-11-24-16-8-4-3-6-13(12)16/h3-4,6,8,11,14-15H,5,7,9-10,19H2,1-2H3/t14-,15-/m0/s1. The number of nitrogens with zero attached hydrogens (tertiary/aromatic N) is 2. The van der Waals surface area contributed by atoms with Crippen LogP contribution < -0.4 is 5.73 Å². The molecule has 1 aliphatic heterocycles. The SMILES string of the molecule is CN(C)C(=O)[C@@H]1CCCN1C(=O)[C@@H](N)Cc1csc2ccccc12. The molecule has 2 atom stereocenters. The number of hydrogen-bond acceptors (Lipinski definition) is 4. The van der Waals surface area contributed by atoms with Gasteiger partial charge in [-0.1, -0.05) is 18.2 Å². The second kappa shape index (κ2) is 6.91. The Morgan fingerprint density at radius 2 is 2.12 bits per heavy atom. The molecule has 5 nitrogen and oxygen atoms in total. The highest BCUT2D eigenvalue weighted by atomic mass is 32.1. The Kier molecular flexibility index (Phi) is 4.87. The first kappa shape index (κ1) is 16.9. The summed E-state index contributed by atoms with van der Waals surface area (Å²) in [5.74, 6) is -0.142. The molecule has 6 heteroatoms. The number of nitrogens with two attached hydrogens (primary N) is 1. The van der Waals surface area contributed by atoms with Gasteiger partial charge in [0.1, 0.15) is 6.04 Å². The first-order valence-electron chi connectivity index (χ1n) is 8.21. The molecule has 24 heavy (non-hydrogen) atoms. The number of carbonyl (C=O) groups excluding carboxylic acids is 2. The number of benzene rings is 1. The molecule has 1 fully saturated rings. The van der Waals surface area contributed by atoms with Crippen molar-refractivity contribution in [3.05, 3.63) is 35.2 Å². The van der Waals surface area contributed by atoms with Crippen molar-refractivity contribution >= 4 is 33.2 Å². The number of thiophene rings is 1. The number of carbonyl (C=O) groups is 2. The van der Waals surface area contributed by atoms with E-state index in [4.69, 9.17) is 5.73 Å². The van der Waals surface area contributed by atoms with Crippen molar-refractivity contribution in [2.45, 2.75) is 31.3 Å². The predicted octanol–water partition coefficient (Wildman–Crippen LogP) is 1.85. The topological polar surface area (TPSA) is 66.6 Å². The molecule has 3 rings (SSSR count). The third-order valence-corrected chi connectivity index (χ3v) is 5.59. The Hall–Kier alpha value is -1.92. The summed E-state index contributed by atoms with van der Waals surface area (Å²) in [5.41, 5.74) is 7.31. The summed E-state index contributed by atoms with van der Waals surface area (Å²) >= 11 is 1.67. The number of likely N-dealkylation sites (N-methyl/N-ethyl adjacent to an activating group) is 1. The Morgan fingerprint density at radius 1 is 1.38 bits per heavy atom. The molecule has 0 spiro atoms. The smallest absolute Gasteiger partial charge is 0.244 e. The summed E-state index contributed by atoms with van der Waals surface area (Å²) in [6.45, 7) is 0.612. The van der Waals surface area contributed by atoms with Gasteiger partial charge in [0.2, 0.25) is 11.8 Å². The number of rotatable bonds is 4. The molecule has 1 aromatic carbocycles. The molecular formula is C18H23N3O2S. The summed E-state index contributed by atoms with van der Waals surface area (Å²) in [6, 6.07) is 7.17. The second-order valence-corrected chi connectivity index (χ2v) is 7.40. The van der Waals surface area contributed by atoms with Gasteiger partial charge in [-0.25, -0.2) is 0 Å². The van der Waals surface area contributed by atoms with Crippen molar-refractivity contribution in [2.24, 2.45) is 5.73 Å². The van der Waals surface area contributed by atoms with Gasteiger partial charge in [-0.15, -0.1) is 11.3 Å². The maximum absolute atomic E-state index is 12.8. The summed E-state index contributed by atoms with van der Waals surface area (Å²) < 4.78 is 1.20. The molecule has 2 N–H and O–H groups in total. The maximum atomic E-state index is 12.8. The van der Waals surface area contributed by atoms with Gasteiger partial charge in [-0.05, 0) is 41.7 Å². The molecule has 2 amide bonds. The van der Waals surface area contributed by atoms with Crippen molar-refractivity contribution in [1.29, 1.82) is 0 Å². The van der Waals surface area contributed by atoms with E-state index < -0.39 is 6.04 Å². The highest BCUT2D eigenvalue weighted by molar-refractivity contribution is 7.17. The highest BCUT2D eigenvalue weighted by Gasteiger charge is 2.36. The van der Waals surface area contributed by atoms with Gasteiger partial charge in [-0.3, -0.25) is 9.59 Å². The second-order valence-electron chi connectivity index (χ2n) is 6.49. The summed E-state index contributed by atoms with van der Waals surface area (Å²) in [6.07, 6.45) is 2.07. The van der Waals surface area contributed by atoms with E-state index in [1.165, 1.54) is 4.70 Å². The zero-order valence-electron chi connectivity index (χ0n) is 14.1. The first-order valence-corrected chi connectivity index (χ1v) is 9.09. The largest absolute Gasteiger partial charge is 0.347 e. The van der Waals surface area contributed by atoms with E-state index in [0.717, 1.165) is 23.8 Å². The molecule has 2 heterocycles. The van der Waals surface area contributed by atoms with Gasteiger partial charge < -0.3 is 15.5 Å². The molecule has 0 aliphatic carbocycles. The average Bonchev–Trinajstić information content (AvgIpc) is 3.20. The minimum absolute atomic E-state index is 0.0194. The van der Waals surface area contributed by atoms with E-state index in [1.807, 2.05) is 12.1 Å². The van der Waals surface area contributed by atoms with Crippen LogP contribution in [0.25, 0.3) is 10.1 Å². The Bertz CT molecular complexity index is 756. The van der Waals surface area contributed by atoms with Crippen LogP contribution in [0.15, 0.2) is 29.6 Å². The van der Waals surface area contributed by atoms with Crippen molar-refractivity contribution in [3.63, 3.8) is 0 Å². The van der Waals surface area contributed by atoms with Crippen LogP contribution in [0.2, 0.25) is 0 Å². The summed E-state index contributed by atoms with van der Waals surface area (Å²) in [7, 11) is 3.45. The highest BCUT2D eigenvalue weighted by Crippen LogP contribution is 2.27. The number of amides is 2. The Labute approximate surface area is 146 Å². The van der Waals surface area contributed by atoms with Crippen molar-refractivity contribution in [1.82, 2.24) is 9.80 Å². The number of hydrogen-bond donors (Lipinski definition) is 1. The van der Waals surface area contributed by atoms with Gasteiger partial charge >= 0.3 is 0 Å². The van der Waals surface area contributed by atoms with Crippen molar-refractivity contribution in [2.75, 3.05) is 20.6 Å². The fraction of sp³-hybridized carbons (Fsp3) is 0.444. The monoisotopic (exact) mass is 345 g/mol. The third-order valence-electron chi connectivity index (χ3n) is 4.58. The number of fused-ring (bicyclic) bond motifs is 1. The molecule has 0 unspecified atom stereocenters. The zero-order valence-corrected chi connectivity index (χ0v) is 14.9. The normalized spacial score (nSPS) is 18.8. The minimum Gasteiger partial charge on any atom is -0.347 e. The summed E-state index contributed by atoms with van der Waals surface area (Å²) in [4.78, 5) is 28.3. The average molecular weight is 345 g/mol. The Balaban J connectivity index is 1.73. The van der Waals surface area contributed by atoms with Gasteiger partial charge in [0.05, 0.1) is 6.04 Å². The molecular weight excluding hydrogens is 322 g/mol. The van der Waals surface area contributed by atoms with Gasteiger partial charge in [0, 0.05) is 25.3 Å². The minimum atomic E-state index is -0.612. The molecule has 1 saturated heterocycles. The lowest BCUT2D eigenvalue weighted by molar-refractivity contribution is -0.143. The van der Waals surface area contributed by atoms with E-state index in [9.17, 15) is 9.59 Å². The van der Waals surface area contributed by atoms with E-state index >= 15 is 0 Å². The van der Waals surface area contributed by atoms with Crippen LogP contribution in [-0.4, -0.2) is 54.3 Å². The third kappa shape index (κ3) is 3.16. The molecule has 1 aromatic heterocycles. The van der Waals surface area contributed by atoms with E-state index in [-0.39, 0.29) is 17.9 Å². The van der Waals surface area contributed by atoms with Gasteiger partial charge in [-0.2, -0.15) is 0 Å². The quantitative estimate of drug-likeness (QED) is 0.920. The van der Waals surface area contributed by atoms with Crippen LogP contribution in [0.5, 0.6) is 0 Å². The molecule has 0 saturated carbocycles. The van der Waals surface area contributed by atoms with E-state index in [0.29, 0.717) is 13.0 Å². The van der Waals surface area contributed by atoms with Crippen LogP contribution in [0.3, 0.4) is 0 Å². The van der Waals surface area contributed by atoms with Crippen LogP contribution in [0.4, 0.5) is 0 Å². The lowest BCUT2D eigenvalue weighted by atomic mass is 10.0. The zero-order chi connectivity index (χ0) is 17.3. The fourth-order valence-corrected chi connectivity index (χ4v) is 4.29. The predicted molar refractivity (Wildman–Crippen MR) is 96.9 cm³/mol. The van der Waals surface area contributed by atoms with Crippen LogP contribution in [0.1, 0.15) is 18.4 Å². The molecule has 1 aliphatic rings. The van der Waals surface area contributed by atoms with Crippen molar-refractivity contribution < 1.29 is 9.59 Å². The van der Waals surface area contributed by atoms with Gasteiger partial charge in [0.25, 0.3) is 0 Å². The first-order chi connectivity index (χ1) is 11.5. The molecule has 0 radical (unpaired) electrons. The molecule has 0 bridgehead atoms. The van der Waals surface area contributed by atoms with Crippen molar-refractivity contribution in [3.8, 4) is 0 Å². The number of likely N-dealkylation sites (tertiary alicyclic amines) is 1. The van der Waals surface area contributed by atoms with Crippen LogP contribution in [-0.2, 0) is 16.0 Å². The lowest BCUT2D eigenvalue weighted by Crippen LogP contribution is -2.51. The lowest BCUT2D eigenvalue weighted by Gasteiger charge is -2.28. The van der Waals surface area contributed by atoms with Crippen LogP contribution >= 0.6 is 11.3 Å².